The van der Waals surface area contributed by atoms with E-state index in [1.807, 2.05) is 0 Å². The van der Waals surface area contributed by atoms with Crippen molar-refractivity contribution in [2.75, 3.05) is 0 Å². The number of rotatable bonds is 4. The molecule has 3 aromatic heterocycles. The van der Waals surface area contributed by atoms with Crippen LogP contribution in [0.4, 0.5) is 0 Å². The normalized spacial score (nSPS) is 11.0. The van der Waals surface area contributed by atoms with Crippen molar-refractivity contribution >= 4 is 35.8 Å². The quantitative estimate of drug-likeness (QED) is 0.198. The number of carbonyl (C=O) groups excluding carboxylic acids is 1. The third-order valence-electron chi connectivity index (χ3n) is 3.58. The predicted octanol–water partition coefficient (Wildman–Crippen LogP) is -5.20. The van der Waals surface area contributed by atoms with Gasteiger partial charge in [-0.3, -0.25) is 4.79 Å². The van der Waals surface area contributed by atoms with Crippen LogP contribution in [0.1, 0.15) is 15.4 Å². The van der Waals surface area contributed by atoms with Crippen LogP contribution < -0.4 is 68.9 Å². The van der Waals surface area contributed by atoms with Crippen LogP contribution in [-0.2, 0) is 4.57 Å². The minimum atomic E-state index is -5.08. The van der Waals surface area contributed by atoms with Crippen LogP contribution in [0.3, 0.4) is 0 Å². The first kappa shape index (κ1) is 22.6. The second-order valence-electron chi connectivity index (χ2n) is 5.10. The van der Waals surface area contributed by atoms with Crippen LogP contribution in [0.2, 0.25) is 0 Å². The second-order valence-corrected chi connectivity index (χ2v) is 7.32. The number of hydrogen-bond donors (Lipinski definition) is 1. The smallest absolute Gasteiger partial charge is 0.795 e. The van der Waals surface area contributed by atoms with Crippen LogP contribution in [0.25, 0.3) is 22.3 Å². The largest absolute Gasteiger partial charge is 1.00 e. The van der Waals surface area contributed by atoms with E-state index in [9.17, 15) is 19.1 Å². The molecule has 4 aromatic rings. The molecule has 0 fully saturated rings. The number of nitrogens with one attached hydrogen (secondary N) is 1. The Morgan fingerprint density at radius 1 is 1.19 bits per heavy atom. The number of aromatic nitrogens is 5. The van der Waals surface area contributed by atoms with Crippen molar-refractivity contribution in [3.05, 3.63) is 52.6 Å². The van der Waals surface area contributed by atoms with Gasteiger partial charge in [-0.1, -0.05) is 18.2 Å². The maximum Gasteiger partial charge on any atom is 1.00 e. The monoisotopic (exact) mass is 419 g/mol. The molecule has 9 nitrogen and oxygen atoms in total. The number of fused-ring (bicyclic) bond motifs is 1. The first-order chi connectivity index (χ1) is 11.9. The van der Waals surface area contributed by atoms with E-state index in [1.54, 1.807) is 23.6 Å². The van der Waals surface area contributed by atoms with E-state index in [4.69, 9.17) is 0 Å². The molecule has 0 amide bonds. The Balaban J connectivity index is 0.00000131. The third-order valence-corrected chi connectivity index (χ3v) is 5.28. The topological polar surface area (TPSA) is 140 Å². The molecule has 0 spiro atoms. The number of benzene rings is 1. The summed E-state index contributed by atoms with van der Waals surface area (Å²) in [5, 5.41) is 12.2. The van der Waals surface area contributed by atoms with Gasteiger partial charge < -0.3 is 18.7 Å². The summed E-state index contributed by atoms with van der Waals surface area (Å²) in [6.07, 6.45) is 2.52. The average molecular weight is 419 g/mol. The zero-order valence-corrected chi connectivity index (χ0v) is 20.0. The molecule has 0 unspecified atom stereocenters. The van der Waals surface area contributed by atoms with Crippen molar-refractivity contribution in [3.8, 4) is 11.4 Å². The summed E-state index contributed by atoms with van der Waals surface area (Å²) in [4.78, 5) is 39.9. The summed E-state index contributed by atoms with van der Waals surface area (Å²) in [6.45, 7) is 0. The van der Waals surface area contributed by atoms with Gasteiger partial charge in [-0.25, -0.2) is 4.98 Å². The van der Waals surface area contributed by atoms with Gasteiger partial charge in [0.15, 0.2) is 5.01 Å². The molecule has 0 radical (unpaired) electrons. The average Bonchev–Trinajstić information content (AvgIpc) is 3.31. The van der Waals surface area contributed by atoms with Crippen LogP contribution >= 0.6 is 19.1 Å². The van der Waals surface area contributed by atoms with E-state index in [0.717, 1.165) is 17.5 Å². The van der Waals surface area contributed by atoms with Crippen molar-refractivity contribution in [3.63, 3.8) is 0 Å². The molecule has 0 saturated heterocycles. The Kier molecular flexibility index (Phi) is 7.37. The van der Waals surface area contributed by atoms with Gasteiger partial charge in [0, 0.05) is 24.7 Å². The van der Waals surface area contributed by atoms with Crippen molar-refractivity contribution < 1.29 is 78.3 Å². The summed E-state index contributed by atoms with van der Waals surface area (Å²) in [5.41, 5.74) is 1.22. The van der Waals surface area contributed by atoms with Crippen LogP contribution in [0.5, 0.6) is 0 Å². The van der Waals surface area contributed by atoms with Gasteiger partial charge in [0.05, 0.1) is 17.3 Å². The molecule has 0 aliphatic heterocycles. The zero-order valence-electron chi connectivity index (χ0n) is 14.3. The maximum absolute atomic E-state index is 12.8. The predicted molar refractivity (Wildman–Crippen MR) is 85.9 cm³/mol. The molecule has 0 aliphatic carbocycles. The number of para-hydroxylation sites is 1. The third kappa shape index (κ3) is 4.35. The molecule has 0 bridgehead atoms. The number of thiazole rings is 1. The van der Waals surface area contributed by atoms with Crippen molar-refractivity contribution in [1.29, 1.82) is 0 Å². The minimum absolute atomic E-state index is 0. The Bertz CT molecular complexity index is 1140. The number of H-pyrrole nitrogens is 1. The Morgan fingerprint density at radius 3 is 2.59 bits per heavy atom. The molecule has 27 heavy (non-hydrogen) atoms. The fourth-order valence-corrected chi connectivity index (χ4v) is 3.94. The molecule has 126 valence electrons. The molecule has 0 saturated carbocycles. The molecule has 1 aromatic carbocycles. The number of carbonyl (C=O) groups is 1. The van der Waals surface area contributed by atoms with E-state index in [-0.39, 0.29) is 75.2 Å². The number of ketones is 1. The summed E-state index contributed by atoms with van der Waals surface area (Å²) in [7, 11) is -5.08. The van der Waals surface area contributed by atoms with Crippen molar-refractivity contribution in [2.24, 2.45) is 0 Å². The van der Waals surface area contributed by atoms with Crippen LogP contribution in [-0.4, -0.2) is 30.5 Å². The number of nitrogens with zero attached hydrogens (tertiary/aromatic N) is 4. The van der Waals surface area contributed by atoms with Crippen LogP contribution in [0.15, 0.2) is 42.0 Å². The Hall–Kier alpha value is -0.650. The molecule has 1 N–H and O–H groups in total. The van der Waals surface area contributed by atoms with Gasteiger partial charge in [0.1, 0.15) is 11.4 Å². The van der Waals surface area contributed by atoms with Gasteiger partial charge in [-0.05, 0) is 6.07 Å². The Labute approximate surface area is 201 Å². The van der Waals surface area contributed by atoms with Gasteiger partial charge >= 0.3 is 59.1 Å². The van der Waals surface area contributed by atoms with Crippen molar-refractivity contribution in [2.45, 2.75) is 0 Å². The molecule has 4 rings (SSSR count). The summed E-state index contributed by atoms with van der Waals surface area (Å²) in [6, 6.07) is 6.31. The fourth-order valence-electron chi connectivity index (χ4n) is 2.48. The molecule has 3 heterocycles. The van der Waals surface area contributed by atoms with Gasteiger partial charge in [0.25, 0.3) is 0 Å². The van der Waals surface area contributed by atoms with Gasteiger partial charge in [0.2, 0.25) is 5.78 Å². The molecule has 0 aliphatic rings. The van der Waals surface area contributed by atoms with E-state index >= 15 is 0 Å². The van der Waals surface area contributed by atoms with E-state index in [0.29, 0.717) is 21.1 Å². The second kappa shape index (κ2) is 8.79. The van der Waals surface area contributed by atoms with Gasteiger partial charge in [-0.2, -0.15) is 15.4 Å². The molecule has 0 atom stereocenters. The van der Waals surface area contributed by atoms with E-state index < -0.39 is 13.5 Å². The van der Waals surface area contributed by atoms with Crippen LogP contribution in [0, 0.1) is 0 Å². The summed E-state index contributed by atoms with van der Waals surface area (Å²) in [5.74, 6) is -0.469. The van der Waals surface area contributed by atoms with E-state index in [2.05, 4.69) is 20.4 Å². The minimum Gasteiger partial charge on any atom is -0.795 e. The standard InChI is InChI=1S/C14H10N5O4PS.2Na/c20-13(14-16-11(7-25-14)10-5-15-18-17-10)9-6-19(24(21,22)23)12-4-2-1-3-8(9)12;;/h1-7H,(H,15,17,18)(H2,21,22,23);;/q;2*+1/p-2. The van der Waals surface area contributed by atoms with E-state index in [1.165, 1.54) is 12.3 Å². The SMILES string of the molecule is O=C(c1nc(-c2cn[nH]n2)cs1)c1cn(P(=O)([O-])[O-])c2ccccc12.[Na+].[Na+]. The molecule has 13 heteroatoms. The summed E-state index contributed by atoms with van der Waals surface area (Å²) >= 11 is 1.10. The number of aromatic amines is 1. The van der Waals surface area contributed by atoms with Gasteiger partial charge in [-0.15, -0.1) is 11.3 Å². The fraction of sp³-hybridized carbons (Fsp3) is 0. The number of hydrogen-bond acceptors (Lipinski definition) is 8. The Morgan fingerprint density at radius 2 is 1.93 bits per heavy atom. The summed E-state index contributed by atoms with van der Waals surface area (Å²) < 4.78 is 12.1. The first-order valence-corrected chi connectivity index (χ1v) is 9.32. The maximum atomic E-state index is 12.8. The molecular formula is C14H8N5Na2O4PS. The van der Waals surface area contributed by atoms with Crippen molar-refractivity contribution in [1.82, 2.24) is 24.7 Å². The molecular weight excluding hydrogens is 411 g/mol. The zero-order chi connectivity index (χ0) is 17.6. The first-order valence-electron chi connectivity index (χ1n) is 6.94.